The summed E-state index contributed by atoms with van der Waals surface area (Å²) in [6, 6.07) is 13.1. The predicted molar refractivity (Wildman–Crippen MR) is 109 cm³/mol. The van der Waals surface area contributed by atoms with E-state index in [9.17, 15) is 9.59 Å². The van der Waals surface area contributed by atoms with Gasteiger partial charge < -0.3 is 19.3 Å². The molecule has 0 spiro atoms. The fourth-order valence-corrected chi connectivity index (χ4v) is 3.95. The number of methoxy groups -OCH3 is 1. The van der Waals surface area contributed by atoms with Gasteiger partial charge >= 0.3 is 5.97 Å². The lowest BCUT2D eigenvalue weighted by molar-refractivity contribution is -0.145. The average molecular weight is 395 g/mol. The molecule has 2 aliphatic rings. The highest BCUT2D eigenvalue weighted by Gasteiger charge is 2.37. The average Bonchev–Trinajstić information content (AvgIpc) is 3.29. The first-order valence-corrected chi connectivity index (χ1v) is 9.97. The van der Waals surface area contributed by atoms with Gasteiger partial charge in [-0.1, -0.05) is 30.3 Å². The molecule has 4 rings (SSSR count). The van der Waals surface area contributed by atoms with Crippen LogP contribution in [0.15, 0.2) is 42.5 Å². The standard InChI is InChI=1S/C22H25N3O4/c1-28-22(27)19-8-5-11-25(19)21(26)17-9-10-18(16-6-3-2-4-7-16)23-20(17)24-12-14-29-15-13-24/h2-4,6-7,9-10,19H,5,8,11-15H2,1H3/t19-/m0/s1. The highest BCUT2D eigenvalue weighted by atomic mass is 16.5. The second kappa shape index (κ2) is 8.61. The number of hydrogen-bond donors (Lipinski definition) is 0. The van der Waals surface area contributed by atoms with Crippen LogP contribution >= 0.6 is 0 Å². The molecule has 0 aliphatic carbocycles. The Morgan fingerprint density at radius 1 is 1.07 bits per heavy atom. The van der Waals surface area contributed by atoms with Gasteiger partial charge in [0, 0.05) is 25.2 Å². The van der Waals surface area contributed by atoms with E-state index in [-0.39, 0.29) is 11.9 Å². The van der Waals surface area contributed by atoms with E-state index < -0.39 is 6.04 Å². The maximum absolute atomic E-state index is 13.4. The summed E-state index contributed by atoms with van der Waals surface area (Å²) in [5, 5.41) is 0. The van der Waals surface area contributed by atoms with Crippen LogP contribution in [0.1, 0.15) is 23.2 Å². The normalized spacial score (nSPS) is 19.3. The summed E-state index contributed by atoms with van der Waals surface area (Å²) in [5.74, 6) is 0.110. The van der Waals surface area contributed by atoms with Crippen molar-refractivity contribution in [2.45, 2.75) is 18.9 Å². The lowest BCUT2D eigenvalue weighted by Crippen LogP contribution is -2.43. The summed E-state index contributed by atoms with van der Waals surface area (Å²) >= 11 is 0. The number of carbonyl (C=O) groups is 2. The SMILES string of the molecule is COC(=O)[C@@H]1CCCN1C(=O)c1ccc(-c2ccccc2)nc1N1CCOCC1. The van der Waals surface area contributed by atoms with Crippen molar-refractivity contribution in [3.05, 3.63) is 48.0 Å². The van der Waals surface area contributed by atoms with E-state index in [0.29, 0.717) is 50.7 Å². The van der Waals surface area contributed by atoms with Gasteiger partial charge in [0.05, 0.1) is 31.6 Å². The van der Waals surface area contributed by atoms with Gasteiger partial charge in [-0.25, -0.2) is 9.78 Å². The van der Waals surface area contributed by atoms with Crippen LogP contribution in [0.3, 0.4) is 0 Å². The predicted octanol–water partition coefficient (Wildman–Crippen LogP) is 2.36. The molecule has 1 aromatic carbocycles. The molecule has 2 aromatic rings. The van der Waals surface area contributed by atoms with Gasteiger partial charge in [0.2, 0.25) is 0 Å². The number of pyridine rings is 1. The molecular weight excluding hydrogens is 370 g/mol. The molecule has 3 heterocycles. The van der Waals surface area contributed by atoms with Crippen LogP contribution in [0.2, 0.25) is 0 Å². The van der Waals surface area contributed by atoms with Crippen molar-refractivity contribution in [2.24, 2.45) is 0 Å². The topological polar surface area (TPSA) is 72.0 Å². The zero-order valence-corrected chi connectivity index (χ0v) is 16.5. The van der Waals surface area contributed by atoms with Crippen molar-refractivity contribution in [3.8, 4) is 11.3 Å². The number of amides is 1. The first kappa shape index (κ1) is 19.4. The monoisotopic (exact) mass is 395 g/mol. The Bertz CT molecular complexity index is 881. The molecule has 0 unspecified atom stereocenters. The van der Waals surface area contributed by atoms with E-state index in [2.05, 4.69) is 4.90 Å². The molecule has 7 heteroatoms. The first-order chi connectivity index (χ1) is 14.2. The number of nitrogens with zero attached hydrogens (tertiary/aromatic N) is 3. The second-order valence-electron chi connectivity index (χ2n) is 7.21. The maximum atomic E-state index is 13.4. The van der Waals surface area contributed by atoms with Gasteiger partial charge in [0.25, 0.3) is 5.91 Å². The number of morpholine rings is 1. The number of esters is 1. The summed E-state index contributed by atoms with van der Waals surface area (Å²) in [6.45, 7) is 3.08. The van der Waals surface area contributed by atoms with Gasteiger partial charge in [-0.05, 0) is 25.0 Å². The summed E-state index contributed by atoms with van der Waals surface area (Å²) in [7, 11) is 1.36. The first-order valence-electron chi connectivity index (χ1n) is 9.97. The molecule has 152 valence electrons. The van der Waals surface area contributed by atoms with Crippen LogP contribution in [0, 0.1) is 0 Å². The third kappa shape index (κ3) is 3.96. The third-order valence-electron chi connectivity index (χ3n) is 5.47. The molecule has 0 saturated carbocycles. The quantitative estimate of drug-likeness (QED) is 0.740. The lowest BCUT2D eigenvalue weighted by atomic mass is 10.1. The highest BCUT2D eigenvalue weighted by Crippen LogP contribution is 2.29. The van der Waals surface area contributed by atoms with Gasteiger partial charge in [0.1, 0.15) is 11.9 Å². The molecular formula is C22H25N3O4. The van der Waals surface area contributed by atoms with E-state index in [1.54, 1.807) is 4.90 Å². The maximum Gasteiger partial charge on any atom is 0.328 e. The fourth-order valence-electron chi connectivity index (χ4n) is 3.95. The van der Waals surface area contributed by atoms with Crippen LogP contribution in [0.5, 0.6) is 0 Å². The Morgan fingerprint density at radius 3 is 2.55 bits per heavy atom. The molecule has 7 nitrogen and oxygen atoms in total. The van der Waals surface area contributed by atoms with E-state index in [0.717, 1.165) is 17.7 Å². The lowest BCUT2D eigenvalue weighted by Gasteiger charge is -2.31. The van der Waals surface area contributed by atoms with Gasteiger partial charge in [-0.2, -0.15) is 0 Å². The molecule has 1 aromatic heterocycles. The zero-order chi connectivity index (χ0) is 20.2. The van der Waals surface area contributed by atoms with Crippen LogP contribution in [0.25, 0.3) is 11.3 Å². The number of anilines is 1. The van der Waals surface area contributed by atoms with Crippen molar-refractivity contribution in [1.29, 1.82) is 0 Å². The Labute approximate surface area is 170 Å². The molecule has 1 amide bonds. The molecule has 0 radical (unpaired) electrons. The Hall–Kier alpha value is -2.93. The molecule has 2 fully saturated rings. The Morgan fingerprint density at radius 2 is 1.83 bits per heavy atom. The van der Waals surface area contributed by atoms with Crippen LogP contribution < -0.4 is 4.90 Å². The number of carbonyl (C=O) groups excluding carboxylic acids is 2. The van der Waals surface area contributed by atoms with Crippen molar-refractivity contribution in [1.82, 2.24) is 9.88 Å². The number of rotatable bonds is 4. The smallest absolute Gasteiger partial charge is 0.328 e. The van der Waals surface area contributed by atoms with Crippen molar-refractivity contribution >= 4 is 17.7 Å². The molecule has 29 heavy (non-hydrogen) atoms. The van der Waals surface area contributed by atoms with E-state index in [4.69, 9.17) is 14.5 Å². The second-order valence-corrected chi connectivity index (χ2v) is 7.21. The van der Waals surface area contributed by atoms with E-state index in [1.807, 2.05) is 42.5 Å². The molecule has 2 aliphatic heterocycles. The van der Waals surface area contributed by atoms with Crippen LogP contribution in [0.4, 0.5) is 5.82 Å². The van der Waals surface area contributed by atoms with Crippen molar-refractivity contribution < 1.29 is 19.1 Å². The minimum Gasteiger partial charge on any atom is -0.467 e. The Balaban J connectivity index is 1.71. The third-order valence-corrected chi connectivity index (χ3v) is 5.47. The highest BCUT2D eigenvalue weighted by molar-refractivity contribution is 6.01. The zero-order valence-electron chi connectivity index (χ0n) is 16.5. The van der Waals surface area contributed by atoms with Crippen LogP contribution in [-0.2, 0) is 14.3 Å². The van der Waals surface area contributed by atoms with Gasteiger partial charge in [-0.3, -0.25) is 4.79 Å². The number of hydrogen-bond acceptors (Lipinski definition) is 6. The largest absolute Gasteiger partial charge is 0.467 e. The summed E-state index contributed by atoms with van der Waals surface area (Å²) < 4.78 is 10.4. The van der Waals surface area contributed by atoms with E-state index in [1.165, 1.54) is 7.11 Å². The van der Waals surface area contributed by atoms with Crippen molar-refractivity contribution in [3.63, 3.8) is 0 Å². The van der Waals surface area contributed by atoms with Crippen molar-refractivity contribution in [2.75, 3.05) is 44.9 Å². The summed E-state index contributed by atoms with van der Waals surface area (Å²) in [6.07, 6.45) is 1.41. The Kier molecular flexibility index (Phi) is 5.76. The van der Waals surface area contributed by atoms with E-state index >= 15 is 0 Å². The number of aromatic nitrogens is 1. The summed E-state index contributed by atoms with van der Waals surface area (Å²) in [5.41, 5.74) is 2.33. The fraction of sp³-hybridized carbons (Fsp3) is 0.409. The molecule has 0 N–H and O–H groups in total. The number of likely N-dealkylation sites (tertiary alicyclic amines) is 1. The molecule has 2 saturated heterocycles. The minimum atomic E-state index is -0.529. The van der Waals surface area contributed by atoms with Crippen LogP contribution in [-0.4, -0.2) is 67.8 Å². The molecule has 0 bridgehead atoms. The minimum absolute atomic E-state index is 0.175. The molecule has 1 atom stereocenters. The van der Waals surface area contributed by atoms with Gasteiger partial charge in [-0.15, -0.1) is 0 Å². The number of benzene rings is 1. The number of ether oxygens (including phenoxy) is 2. The van der Waals surface area contributed by atoms with Gasteiger partial charge in [0.15, 0.2) is 0 Å². The summed E-state index contributed by atoms with van der Waals surface area (Å²) in [4.78, 5) is 34.1.